The van der Waals surface area contributed by atoms with Crippen LogP contribution < -0.4 is 17.2 Å². The van der Waals surface area contributed by atoms with Crippen molar-refractivity contribution < 1.29 is 43.3 Å². The van der Waals surface area contributed by atoms with Crippen molar-refractivity contribution in [2.45, 2.75) is 113 Å². The molecule has 7 N–H and O–H groups in total. The molecule has 0 saturated carbocycles. The zero-order valence-electron chi connectivity index (χ0n) is 72.2. The van der Waals surface area contributed by atoms with Gasteiger partial charge < -0.3 is 73.1 Å². The van der Waals surface area contributed by atoms with Crippen LogP contribution in [-0.4, -0.2) is 111 Å². The molecule has 8 heterocycles. The van der Waals surface area contributed by atoms with Crippen molar-refractivity contribution >= 4 is 29.8 Å². The number of aryl methyl sites for hydroxylation is 8. The van der Waals surface area contributed by atoms with Gasteiger partial charge in [0.15, 0.2) is 0 Å². The third-order valence-electron chi connectivity index (χ3n) is 21.7. The van der Waals surface area contributed by atoms with Gasteiger partial charge in [-0.25, -0.2) is 19.9 Å². The molecule has 0 saturated heterocycles. The first-order chi connectivity index (χ1) is 61.7. The molecule has 16 rings (SSSR count). The first-order valence-corrected chi connectivity index (χ1v) is 42.1. The molecule has 127 heavy (non-hydrogen) atoms. The summed E-state index contributed by atoms with van der Waals surface area (Å²) in [5.74, 6) is -1.87. The first-order valence-electron chi connectivity index (χ1n) is 42.1. The van der Waals surface area contributed by atoms with Crippen molar-refractivity contribution in [3.8, 4) is 96.6 Å². The summed E-state index contributed by atoms with van der Waals surface area (Å²) in [5.41, 5.74) is 45.0. The van der Waals surface area contributed by atoms with Crippen LogP contribution in [0, 0.1) is 39.0 Å². The van der Waals surface area contributed by atoms with E-state index in [2.05, 4.69) is 204 Å². The fraction of sp³-hybridized carbons (Fsp3) is 0.196. The summed E-state index contributed by atoms with van der Waals surface area (Å²) in [6, 6.07) is 75.3. The number of hydrogen-bond acceptors (Lipinski definition) is 15. The van der Waals surface area contributed by atoms with Crippen molar-refractivity contribution in [1.82, 2.24) is 56.5 Å². The number of primary amides is 1. The maximum atomic E-state index is 12.0. The third kappa shape index (κ3) is 21.9. The SMILES string of the molecule is CCOC(=O)CCc1ccc(-c2ccc(-n3ccnc3)cc2)n1-c1ccc(C#N)cc1C.CCOC(=O)CCc1ccc(-c2ccc(-n3ccnc3)cc2)n1-c1ccc(C(N)=O)cc1C.CCOC(=O)CCc1ccc(-c2ccc(-n3ccnc3)cc2)n1-c1ccc(CN)cc1C.Cc1cc(CN)ccc1-n1c(CCC(=O)O)ccc1-c1ccc(-n2ccnc2)cc1. The maximum absolute atomic E-state index is 12.0. The number of carboxylic acid groups (broad SMARTS) is 1. The Bertz CT molecular complexity index is 6450. The zero-order valence-corrected chi connectivity index (χ0v) is 72.2. The second kappa shape index (κ2) is 42.5. The third-order valence-corrected chi connectivity index (χ3v) is 21.7. The maximum Gasteiger partial charge on any atom is 0.306 e. The quantitative estimate of drug-likeness (QED) is 0.0240. The monoisotopic (exact) mass is 1690 g/mol. The number of aliphatic carboxylic acids is 1. The molecule has 0 atom stereocenters. The van der Waals surface area contributed by atoms with Crippen molar-refractivity contribution in [2.24, 2.45) is 17.2 Å². The lowest BCUT2D eigenvalue weighted by atomic mass is 10.1. The zero-order chi connectivity index (χ0) is 89.5. The van der Waals surface area contributed by atoms with Gasteiger partial charge in [0.2, 0.25) is 5.91 Å². The number of nitriles is 1. The van der Waals surface area contributed by atoms with Crippen LogP contribution in [0.5, 0.6) is 0 Å². The molecule has 1 amide bonds. The summed E-state index contributed by atoms with van der Waals surface area (Å²) < 4.78 is 31.9. The lowest BCUT2D eigenvalue weighted by molar-refractivity contribution is -0.144. The van der Waals surface area contributed by atoms with E-state index < -0.39 is 11.9 Å². The Morgan fingerprint density at radius 1 is 0.362 bits per heavy atom. The number of ether oxygens (including phenoxy) is 3. The number of hydrogen-bond donors (Lipinski definition) is 4. The number of nitrogens with zero attached hydrogens (tertiary/aromatic N) is 13. The molecule has 8 aromatic heterocycles. The van der Waals surface area contributed by atoms with E-state index in [0.717, 1.165) is 147 Å². The van der Waals surface area contributed by atoms with Gasteiger partial charge >= 0.3 is 23.9 Å². The smallest absolute Gasteiger partial charge is 0.306 e. The highest BCUT2D eigenvalue weighted by atomic mass is 16.5. The van der Waals surface area contributed by atoms with Crippen LogP contribution in [0.1, 0.15) is 119 Å². The van der Waals surface area contributed by atoms with Crippen molar-refractivity contribution in [1.29, 1.82) is 5.26 Å². The topological polar surface area (TPSA) is 326 Å². The second-order valence-electron chi connectivity index (χ2n) is 30.2. The van der Waals surface area contributed by atoms with Crippen LogP contribution in [-0.2, 0) is 72.2 Å². The molecule has 0 aliphatic heterocycles. The van der Waals surface area contributed by atoms with Crippen LogP contribution >= 0.6 is 0 Å². The van der Waals surface area contributed by atoms with E-state index in [1.165, 1.54) is 0 Å². The molecule has 25 heteroatoms. The van der Waals surface area contributed by atoms with Gasteiger partial charge in [0.05, 0.1) is 105 Å². The number of esters is 3. The summed E-state index contributed by atoms with van der Waals surface area (Å²) in [6.45, 7) is 15.7. The molecule has 644 valence electrons. The number of rotatable bonds is 30. The average Bonchev–Trinajstić information content (AvgIpc) is 1.65. The van der Waals surface area contributed by atoms with E-state index in [9.17, 15) is 34.3 Å². The number of carbonyl (C=O) groups is 5. The van der Waals surface area contributed by atoms with E-state index in [1.54, 1.807) is 69.2 Å². The molecule has 0 bridgehead atoms. The number of amides is 1. The van der Waals surface area contributed by atoms with Crippen LogP contribution in [0.4, 0.5) is 0 Å². The van der Waals surface area contributed by atoms with Crippen LogP contribution in [0.15, 0.2) is 293 Å². The number of imidazole rings is 4. The fourth-order valence-electron chi connectivity index (χ4n) is 15.5. The predicted octanol–water partition coefficient (Wildman–Crippen LogP) is 17.9. The summed E-state index contributed by atoms with van der Waals surface area (Å²) in [4.78, 5) is 75.2. The highest BCUT2D eigenvalue weighted by Crippen LogP contribution is 2.36. The highest BCUT2D eigenvalue weighted by Gasteiger charge is 2.22. The Kier molecular flexibility index (Phi) is 29.9. The predicted molar refractivity (Wildman–Crippen MR) is 492 cm³/mol. The largest absolute Gasteiger partial charge is 0.481 e. The standard InChI is InChI=1S/C26H26N4O3.C26H28N4O2.C26H24N4O2.C24H24N4O2/c1-3-33-25(31)13-10-22-9-12-24(19-4-7-21(8-5-19)29-15-14-28-17-29)30(22)23-11-6-20(26(27)32)16-18(23)2;2*1-3-32-26(31)13-10-23-9-12-25(30(23)24-11-4-20(17-27)16-19(24)2)21-5-7-22(8-6-21)29-15-14-28-18-29;1-17-14-18(15-25)2-9-22(17)28-21(8-11-24(29)30)7-10-23(28)19-3-5-20(6-4-19)27-13-12-26-16-27/h4-9,11-12,14-17H,3,10,13H2,1-2H3,(H2,27,32);4-9,11-12,14-16,18H,3,10,13,17,27H2,1-2H3;4-9,11-12,14-16,18H,3,10,13H2,1-2H3;2-7,9-10,12-14,16H,8,11,15,25H2,1H3,(H,29,30). The Hall–Kier alpha value is -15.5. The molecule has 8 aromatic carbocycles. The molecule has 0 fully saturated rings. The van der Waals surface area contributed by atoms with Crippen molar-refractivity contribution in [3.05, 3.63) is 361 Å². The van der Waals surface area contributed by atoms with E-state index in [1.807, 2.05) is 131 Å². The number of carboxylic acids is 1. The second-order valence-corrected chi connectivity index (χ2v) is 30.2. The molecule has 0 aliphatic rings. The minimum Gasteiger partial charge on any atom is -0.481 e. The molecule has 0 unspecified atom stereocenters. The van der Waals surface area contributed by atoms with Crippen LogP contribution in [0.25, 0.3) is 90.5 Å². The highest BCUT2D eigenvalue weighted by molar-refractivity contribution is 5.93. The Labute approximate surface area is 737 Å². The Balaban J connectivity index is 0.000000145. The van der Waals surface area contributed by atoms with Gasteiger partial charge in [-0.1, -0.05) is 72.8 Å². The number of carbonyl (C=O) groups excluding carboxylic acids is 4. The van der Waals surface area contributed by atoms with Gasteiger partial charge in [0.1, 0.15) is 0 Å². The minimum atomic E-state index is -0.802. The summed E-state index contributed by atoms with van der Waals surface area (Å²) in [7, 11) is 0. The molecule has 0 spiro atoms. The molecule has 0 radical (unpaired) electrons. The van der Waals surface area contributed by atoms with E-state index in [4.69, 9.17) is 31.4 Å². The summed E-state index contributed by atoms with van der Waals surface area (Å²) in [5, 5.41) is 18.4. The van der Waals surface area contributed by atoms with Gasteiger partial charge in [-0.05, 0) is 275 Å². The molecular weight excluding hydrogens is 1590 g/mol. The molecule has 0 aliphatic carbocycles. The van der Waals surface area contributed by atoms with Gasteiger partial charge in [-0.2, -0.15) is 5.26 Å². The first kappa shape index (κ1) is 89.2. The molecule has 25 nitrogen and oxygen atoms in total. The lowest BCUT2D eigenvalue weighted by Gasteiger charge is -2.17. The molecular formula is C102H102N16O9. The van der Waals surface area contributed by atoms with Crippen molar-refractivity contribution in [2.75, 3.05) is 19.8 Å². The van der Waals surface area contributed by atoms with Gasteiger partial charge in [0.25, 0.3) is 0 Å². The molecule has 16 aromatic rings. The van der Waals surface area contributed by atoms with Gasteiger partial charge in [-0.15, -0.1) is 0 Å². The average molecular weight is 1700 g/mol. The van der Waals surface area contributed by atoms with Crippen molar-refractivity contribution in [3.63, 3.8) is 0 Å². The summed E-state index contributed by atoms with van der Waals surface area (Å²) >= 11 is 0. The Morgan fingerprint density at radius 3 is 0.890 bits per heavy atom. The van der Waals surface area contributed by atoms with E-state index in [-0.39, 0.29) is 30.7 Å². The number of benzene rings is 8. The number of aromatic nitrogens is 12. The van der Waals surface area contributed by atoms with Crippen LogP contribution in [0.3, 0.4) is 0 Å². The van der Waals surface area contributed by atoms with Gasteiger partial charge in [-0.3, -0.25) is 24.0 Å². The Morgan fingerprint density at radius 2 is 0.646 bits per heavy atom. The van der Waals surface area contributed by atoms with Gasteiger partial charge in [0, 0.05) is 137 Å². The normalized spacial score (nSPS) is 10.9. The van der Waals surface area contributed by atoms with Crippen LogP contribution in [0.2, 0.25) is 0 Å². The fourth-order valence-corrected chi connectivity index (χ4v) is 15.5. The summed E-state index contributed by atoms with van der Waals surface area (Å²) in [6.07, 6.45) is 24.9. The minimum absolute atomic E-state index is 0.0863. The van der Waals surface area contributed by atoms with E-state index in [0.29, 0.717) is 82.6 Å². The number of nitrogens with two attached hydrogens (primary N) is 3. The van der Waals surface area contributed by atoms with E-state index >= 15 is 0 Å². The lowest BCUT2D eigenvalue weighted by Crippen LogP contribution is -2.12.